The van der Waals surface area contributed by atoms with Crippen LogP contribution in [0.2, 0.25) is 5.02 Å². The lowest BCUT2D eigenvalue weighted by atomic mass is 10.2. The molecule has 0 atom stereocenters. The average molecular weight is 250 g/mol. The highest BCUT2D eigenvalue weighted by Gasteiger charge is 2.01. The molecule has 0 aliphatic heterocycles. The molecule has 2 rings (SSSR count). The van der Waals surface area contributed by atoms with E-state index < -0.39 is 0 Å². The second kappa shape index (κ2) is 5.23. The van der Waals surface area contributed by atoms with Gasteiger partial charge in [-0.15, -0.1) is 0 Å². The molecule has 1 heterocycles. The topological polar surface area (TPSA) is 29.9 Å². The smallest absolute Gasteiger partial charge is 0.0729 e. The maximum absolute atomic E-state index is 5.83. The van der Waals surface area contributed by atoms with Crippen LogP contribution in [0.15, 0.2) is 36.7 Å². The van der Waals surface area contributed by atoms with E-state index in [0.29, 0.717) is 6.04 Å². The first-order valence-electron chi connectivity index (χ1n) is 5.67. The van der Waals surface area contributed by atoms with Gasteiger partial charge in [-0.3, -0.25) is 4.68 Å². The molecule has 0 fully saturated rings. The molecule has 0 amide bonds. The third kappa shape index (κ3) is 3.24. The fourth-order valence-corrected chi connectivity index (χ4v) is 1.64. The minimum atomic E-state index is 0.390. The molecule has 2 aromatic rings. The number of nitrogens with zero attached hydrogens (tertiary/aromatic N) is 2. The van der Waals surface area contributed by atoms with Gasteiger partial charge in [0.25, 0.3) is 0 Å². The number of rotatable bonds is 4. The number of aromatic nitrogens is 2. The molecule has 3 nitrogen and oxygen atoms in total. The van der Waals surface area contributed by atoms with Crippen molar-refractivity contribution in [2.24, 2.45) is 0 Å². The Balaban J connectivity index is 1.95. The van der Waals surface area contributed by atoms with Crippen molar-refractivity contribution in [3.8, 4) is 0 Å². The zero-order chi connectivity index (χ0) is 12.3. The van der Waals surface area contributed by atoms with E-state index in [1.165, 1.54) is 5.56 Å². The molecule has 0 radical (unpaired) electrons. The molecule has 0 spiro atoms. The van der Waals surface area contributed by atoms with Gasteiger partial charge in [0.05, 0.1) is 11.9 Å². The summed E-state index contributed by atoms with van der Waals surface area (Å²) in [4.78, 5) is 0. The van der Waals surface area contributed by atoms with Gasteiger partial charge in [0.2, 0.25) is 0 Å². The maximum atomic E-state index is 5.83. The predicted octanol–water partition coefficient (Wildman–Crippen LogP) is 3.73. The molecule has 90 valence electrons. The number of anilines is 1. The summed E-state index contributed by atoms with van der Waals surface area (Å²) in [6.45, 7) is 4.99. The number of nitrogens with one attached hydrogen (secondary N) is 1. The van der Waals surface area contributed by atoms with Gasteiger partial charge in [0, 0.05) is 23.8 Å². The molecule has 0 aliphatic rings. The Morgan fingerprint density at radius 1 is 1.29 bits per heavy atom. The zero-order valence-electron chi connectivity index (χ0n) is 10.0. The SMILES string of the molecule is CC(C)n1cc(NCc2ccc(Cl)cc2)cn1. The van der Waals surface area contributed by atoms with Crippen molar-refractivity contribution in [2.75, 3.05) is 5.32 Å². The monoisotopic (exact) mass is 249 g/mol. The van der Waals surface area contributed by atoms with Crippen molar-refractivity contribution in [3.63, 3.8) is 0 Å². The summed E-state index contributed by atoms with van der Waals surface area (Å²) in [7, 11) is 0. The molecule has 1 aromatic carbocycles. The summed E-state index contributed by atoms with van der Waals surface area (Å²) >= 11 is 5.83. The van der Waals surface area contributed by atoms with Crippen LogP contribution in [0.1, 0.15) is 25.5 Å². The van der Waals surface area contributed by atoms with E-state index in [-0.39, 0.29) is 0 Å². The molecule has 17 heavy (non-hydrogen) atoms. The van der Waals surface area contributed by atoms with Crippen molar-refractivity contribution in [3.05, 3.63) is 47.2 Å². The van der Waals surface area contributed by atoms with E-state index in [4.69, 9.17) is 11.6 Å². The van der Waals surface area contributed by atoms with Gasteiger partial charge in [0.15, 0.2) is 0 Å². The van der Waals surface area contributed by atoms with E-state index in [2.05, 4.69) is 24.3 Å². The van der Waals surface area contributed by atoms with Gasteiger partial charge in [-0.2, -0.15) is 5.10 Å². The van der Waals surface area contributed by atoms with Crippen molar-refractivity contribution in [1.82, 2.24) is 9.78 Å². The summed E-state index contributed by atoms with van der Waals surface area (Å²) in [5, 5.41) is 8.37. The molecule has 0 bridgehead atoms. The molecule has 4 heteroatoms. The highest BCUT2D eigenvalue weighted by molar-refractivity contribution is 6.30. The molecular formula is C13H16ClN3. The van der Waals surface area contributed by atoms with Crippen molar-refractivity contribution in [1.29, 1.82) is 0 Å². The number of halogens is 1. The largest absolute Gasteiger partial charge is 0.378 e. The normalized spacial score (nSPS) is 10.8. The Labute approximate surface area is 106 Å². The quantitative estimate of drug-likeness (QED) is 0.895. The summed E-state index contributed by atoms with van der Waals surface area (Å²) in [6, 6.07) is 8.22. The number of benzene rings is 1. The molecule has 1 N–H and O–H groups in total. The second-order valence-electron chi connectivity index (χ2n) is 4.28. The van der Waals surface area contributed by atoms with Gasteiger partial charge in [-0.1, -0.05) is 23.7 Å². The fourth-order valence-electron chi connectivity index (χ4n) is 1.52. The molecule has 0 saturated heterocycles. The van der Waals surface area contributed by atoms with Crippen LogP contribution >= 0.6 is 11.6 Å². The Hall–Kier alpha value is -1.48. The first-order valence-corrected chi connectivity index (χ1v) is 6.05. The molecule has 0 aliphatic carbocycles. The van der Waals surface area contributed by atoms with E-state index in [9.17, 15) is 0 Å². The summed E-state index contributed by atoms with van der Waals surface area (Å²) in [5.74, 6) is 0. The van der Waals surface area contributed by atoms with Crippen LogP contribution in [-0.2, 0) is 6.54 Å². The number of hydrogen-bond acceptors (Lipinski definition) is 2. The Bertz CT molecular complexity index is 474. The Morgan fingerprint density at radius 2 is 2.00 bits per heavy atom. The van der Waals surface area contributed by atoms with Gasteiger partial charge in [-0.05, 0) is 31.5 Å². The fraction of sp³-hybridized carbons (Fsp3) is 0.308. The number of hydrogen-bond donors (Lipinski definition) is 1. The van der Waals surface area contributed by atoms with E-state index >= 15 is 0 Å². The van der Waals surface area contributed by atoms with Gasteiger partial charge in [0.1, 0.15) is 0 Å². The molecule has 0 saturated carbocycles. The minimum Gasteiger partial charge on any atom is -0.378 e. The summed E-state index contributed by atoms with van der Waals surface area (Å²) < 4.78 is 1.93. The third-order valence-corrected chi connectivity index (χ3v) is 2.79. The lowest BCUT2D eigenvalue weighted by Gasteiger charge is -2.05. The van der Waals surface area contributed by atoms with Crippen LogP contribution < -0.4 is 5.32 Å². The van der Waals surface area contributed by atoms with Crippen molar-refractivity contribution >= 4 is 17.3 Å². The van der Waals surface area contributed by atoms with Crippen LogP contribution in [0.4, 0.5) is 5.69 Å². The first kappa shape index (κ1) is 12.0. The Morgan fingerprint density at radius 3 is 2.59 bits per heavy atom. The van der Waals surface area contributed by atoms with Crippen LogP contribution in [-0.4, -0.2) is 9.78 Å². The molecule has 0 unspecified atom stereocenters. The van der Waals surface area contributed by atoms with Crippen molar-refractivity contribution < 1.29 is 0 Å². The molecule has 1 aromatic heterocycles. The van der Waals surface area contributed by atoms with Crippen LogP contribution in [0.25, 0.3) is 0 Å². The van der Waals surface area contributed by atoms with Crippen LogP contribution in [0.5, 0.6) is 0 Å². The lowest BCUT2D eigenvalue weighted by molar-refractivity contribution is 0.532. The highest BCUT2D eigenvalue weighted by atomic mass is 35.5. The Kier molecular flexibility index (Phi) is 3.69. The molecular weight excluding hydrogens is 234 g/mol. The standard InChI is InChI=1S/C13H16ClN3/c1-10(2)17-9-13(8-16-17)15-7-11-3-5-12(14)6-4-11/h3-6,8-10,15H,7H2,1-2H3. The van der Waals surface area contributed by atoms with E-state index in [1.54, 1.807) is 0 Å². The maximum Gasteiger partial charge on any atom is 0.0729 e. The van der Waals surface area contributed by atoms with E-state index in [0.717, 1.165) is 17.3 Å². The minimum absolute atomic E-state index is 0.390. The second-order valence-corrected chi connectivity index (χ2v) is 4.72. The summed E-state index contributed by atoms with van der Waals surface area (Å²) in [6.07, 6.45) is 3.86. The third-order valence-electron chi connectivity index (χ3n) is 2.54. The highest BCUT2D eigenvalue weighted by Crippen LogP contribution is 2.13. The summed E-state index contributed by atoms with van der Waals surface area (Å²) in [5.41, 5.74) is 2.24. The van der Waals surface area contributed by atoms with Crippen LogP contribution in [0.3, 0.4) is 0 Å². The van der Waals surface area contributed by atoms with Crippen molar-refractivity contribution in [2.45, 2.75) is 26.4 Å². The van der Waals surface area contributed by atoms with E-state index in [1.807, 2.05) is 41.3 Å². The van der Waals surface area contributed by atoms with Crippen LogP contribution in [0, 0.1) is 0 Å². The zero-order valence-corrected chi connectivity index (χ0v) is 10.8. The first-order chi connectivity index (χ1) is 8.15. The lowest BCUT2D eigenvalue weighted by Crippen LogP contribution is -2.01. The average Bonchev–Trinajstić information content (AvgIpc) is 2.77. The van der Waals surface area contributed by atoms with Gasteiger partial charge >= 0.3 is 0 Å². The predicted molar refractivity (Wildman–Crippen MR) is 71.4 cm³/mol. The van der Waals surface area contributed by atoms with Gasteiger partial charge < -0.3 is 5.32 Å². The van der Waals surface area contributed by atoms with Gasteiger partial charge in [-0.25, -0.2) is 0 Å².